The molecule has 3 aromatic rings. The Kier molecular flexibility index (Phi) is 3.97. The minimum absolute atomic E-state index is 0.521. The Morgan fingerprint density at radius 2 is 1.78 bits per heavy atom. The van der Waals surface area contributed by atoms with Gasteiger partial charge < -0.3 is 5.10 Å². The van der Waals surface area contributed by atoms with Crippen molar-refractivity contribution in [2.75, 3.05) is 0 Å². The molecule has 2 heterocycles. The summed E-state index contributed by atoms with van der Waals surface area (Å²) in [6.45, 7) is 4.02. The van der Waals surface area contributed by atoms with Crippen molar-refractivity contribution in [3.8, 4) is 5.69 Å². The maximum absolute atomic E-state index is 11.4. The molecule has 0 saturated heterocycles. The molecule has 3 rings (SSSR count). The third kappa shape index (κ3) is 3.01. The van der Waals surface area contributed by atoms with Gasteiger partial charge in [0.1, 0.15) is 0 Å². The monoisotopic (exact) mass is 310 g/mol. The molecule has 118 valence electrons. The lowest BCUT2D eigenvalue weighted by Gasteiger charge is -2.05. The molecular formula is C17H18N4O2. The average molecular weight is 310 g/mol. The van der Waals surface area contributed by atoms with Crippen LogP contribution in [-0.2, 0) is 12.8 Å². The van der Waals surface area contributed by atoms with Gasteiger partial charge in [-0.1, -0.05) is 18.2 Å². The zero-order valence-corrected chi connectivity index (χ0v) is 13.1. The molecule has 2 N–H and O–H groups in total. The molecule has 1 aromatic carbocycles. The van der Waals surface area contributed by atoms with Crippen molar-refractivity contribution in [2.45, 2.75) is 26.7 Å². The number of nitrogens with zero attached hydrogens (tertiary/aromatic N) is 2. The third-order valence-electron chi connectivity index (χ3n) is 3.95. The highest BCUT2D eigenvalue weighted by atomic mass is 16.2. The summed E-state index contributed by atoms with van der Waals surface area (Å²) in [6.07, 6.45) is 1.38. The summed E-state index contributed by atoms with van der Waals surface area (Å²) in [4.78, 5) is 22.5. The van der Waals surface area contributed by atoms with Crippen LogP contribution in [0.15, 0.2) is 46.0 Å². The van der Waals surface area contributed by atoms with Crippen LogP contribution in [0.3, 0.4) is 0 Å². The summed E-state index contributed by atoms with van der Waals surface area (Å²) in [6, 6.07) is 11.3. The SMILES string of the molecule is Cc1nn(-c2ccccc2)c(C)c1CCc1cc(=O)c(=O)[nH][nH]1. The van der Waals surface area contributed by atoms with Crippen LogP contribution in [0.2, 0.25) is 0 Å². The molecule has 0 radical (unpaired) electrons. The fraction of sp³-hybridized carbons (Fsp3) is 0.235. The van der Waals surface area contributed by atoms with Gasteiger partial charge in [-0.15, -0.1) is 0 Å². The van der Waals surface area contributed by atoms with Gasteiger partial charge in [0.05, 0.1) is 11.4 Å². The fourth-order valence-corrected chi connectivity index (χ4v) is 2.71. The Balaban J connectivity index is 1.86. The Labute approximate surface area is 132 Å². The summed E-state index contributed by atoms with van der Waals surface area (Å²) < 4.78 is 1.93. The fourth-order valence-electron chi connectivity index (χ4n) is 2.71. The molecule has 6 heteroatoms. The van der Waals surface area contributed by atoms with Crippen LogP contribution in [0.4, 0.5) is 0 Å². The highest BCUT2D eigenvalue weighted by molar-refractivity contribution is 5.37. The zero-order chi connectivity index (χ0) is 16.4. The summed E-state index contributed by atoms with van der Waals surface area (Å²) in [7, 11) is 0. The average Bonchev–Trinajstić information content (AvgIpc) is 2.84. The van der Waals surface area contributed by atoms with Gasteiger partial charge in [0.15, 0.2) is 0 Å². The van der Waals surface area contributed by atoms with Gasteiger partial charge in [-0.05, 0) is 44.4 Å². The van der Waals surface area contributed by atoms with Crippen molar-refractivity contribution >= 4 is 0 Å². The van der Waals surface area contributed by atoms with Crippen LogP contribution >= 0.6 is 0 Å². The molecule has 0 aliphatic rings. The number of hydrogen-bond donors (Lipinski definition) is 2. The Hall–Kier alpha value is -2.89. The van der Waals surface area contributed by atoms with E-state index in [1.54, 1.807) is 0 Å². The predicted molar refractivity (Wildman–Crippen MR) is 88.1 cm³/mol. The summed E-state index contributed by atoms with van der Waals surface area (Å²) in [5.74, 6) is 0. The molecule has 0 saturated carbocycles. The number of hydrogen-bond acceptors (Lipinski definition) is 3. The van der Waals surface area contributed by atoms with E-state index >= 15 is 0 Å². The lowest BCUT2D eigenvalue weighted by molar-refractivity contribution is 0.823. The van der Waals surface area contributed by atoms with E-state index in [9.17, 15) is 9.59 Å². The van der Waals surface area contributed by atoms with E-state index < -0.39 is 11.0 Å². The van der Waals surface area contributed by atoms with Crippen molar-refractivity contribution < 1.29 is 0 Å². The van der Waals surface area contributed by atoms with Crippen LogP contribution in [0.1, 0.15) is 22.6 Å². The molecule has 6 nitrogen and oxygen atoms in total. The van der Waals surface area contributed by atoms with Crippen LogP contribution in [0.25, 0.3) is 5.69 Å². The molecule has 0 amide bonds. The predicted octanol–water partition coefficient (Wildman–Crippen LogP) is 1.65. The first-order valence-corrected chi connectivity index (χ1v) is 7.47. The van der Waals surface area contributed by atoms with E-state index in [1.807, 2.05) is 48.9 Å². The van der Waals surface area contributed by atoms with Gasteiger partial charge >= 0.3 is 5.56 Å². The van der Waals surface area contributed by atoms with Crippen molar-refractivity contribution in [3.05, 3.63) is 79.6 Å². The van der Waals surface area contributed by atoms with Gasteiger partial charge in [-0.2, -0.15) is 5.10 Å². The second-order valence-corrected chi connectivity index (χ2v) is 5.51. The van der Waals surface area contributed by atoms with Crippen molar-refractivity contribution in [1.29, 1.82) is 0 Å². The molecular weight excluding hydrogens is 292 g/mol. The molecule has 0 bridgehead atoms. The number of aromatic amines is 2. The molecule has 0 unspecified atom stereocenters. The van der Waals surface area contributed by atoms with Crippen LogP contribution < -0.4 is 11.0 Å². The lowest BCUT2D eigenvalue weighted by atomic mass is 10.1. The number of benzene rings is 1. The quantitative estimate of drug-likeness (QED) is 0.719. The first-order chi connectivity index (χ1) is 11.1. The molecule has 2 aromatic heterocycles. The maximum atomic E-state index is 11.4. The Morgan fingerprint density at radius 3 is 2.48 bits per heavy atom. The Bertz CT molecular complexity index is 935. The van der Waals surface area contributed by atoms with Gasteiger partial charge in [-0.3, -0.25) is 14.7 Å². The van der Waals surface area contributed by atoms with Crippen LogP contribution in [0, 0.1) is 13.8 Å². The van der Waals surface area contributed by atoms with Crippen molar-refractivity contribution in [1.82, 2.24) is 20.0 Å². The third-order valence-corrected chi connectivity index (χ3v) is 3.95. The zero-order valence-electron chi connectivity index (χ0n) is 13.1. The summed E-state index contributed by atoms with van der Waals surface area (Å²) in [5, 5.41) is 9.72. The van der Waals surface area contributed by atoms with E-state index in [0.29, 0.717) is 12.1 Å². The van der Waals surface area contributed by atoms with Gasteiger partial charge in [0.2, 0.25) is 5.43 Å². The Morgan fingerprint density at radius 1 is 1.04 bits per heavy atom. The molecule has 23 heavy (non-hydrogen) atoms. The molecule has 0 fully saturated rings. The second-order valence-electron chi connectivity index (χ2n) is 5.51. The minimum Gasteiger partial charge on any atom is -0.302 e. The number of aryl methyl sites for hydroxylation is 2. The number of para-hydroxylation sites is 1. The topological polar surface area (TPSA) is 83.5 Å². The van der Waals surface area contributed by atoms with E-state index in [0.717, 1.165) is 29.1 Å². The highest BCUT2D eigenvalue weighted by Crippen LogP contribution is 2.19. The molecule has 0 aliphatic heterocycles. The van der Waals surface area contributed by atoms with Crippen molar-refractivity contribution in [3.63, 3.8) is 0 Å². The first-order valence-electron chi connectivity index (χ1n) is 7.47. The van der Waals surface area contributed by atoms with Crippen LogP contribution in [0.5, 0.6) is 0 Å². The van der Waals surface area contributed by atoms with E-state index in [2.05, 4.69) is 15.3 Å². The standard InChI is InChI=1S/C17H18N4O2/c1-11-15(9-8-13-10-16(22)17(23)19-18-13)12(2)21(20-11)14-6-4-3-5-7-14/h3-7,10H,8-9H2,1-2H3,(H,18,22)(H,19,23). The summed E-state index contributed by atoms with van der Waals surface area (Å²) in [5.41, 5.74) is 3.79. The number of nitrogens with one attached hydrogen (secondary N) is 2. The molecule has 0 spiro atoms. The molecule has 0 atom stereocenters. The largest absolute Gasteiger partial charge is 0.310 e. The lowest BCUT2D eigenvalue weighted by Crippen LogP contribution is -2.27. The van der Waals surface area contributed by atoms with E-state index in [4.69, 9.17) is 0 Å². The number of aromatic nitrogens is 4. The molecule has 0 aliphatic carbocycles. The summed E-state index contributed by atoms with van der Waals surface area (Å²) >= 11 is 0. The van der Waals surface area contributed by atoms with Gasteiger partial charge in [0.25, 0.3) is 0 Å². The van der Waals surface area contributed by atoms with Crippen LogP contribution in [-0.4, -0.2) is 20.0 Å². The van der Waals surface area contributed by atoms with E-state index in [1.165, 1.54) is 6.07 Å². The van der Waals surface area contributed by atoms with Crippen molar-refractivity contribution in [2.24, 2.45) is 0 Å². The minimum atomic E-state index is -0.627. The van der Waals surface area contributed by atoms with E-state index in [-0.39, 0.29) is 0 Å². The number of H-pyrrole nitrogens is 2. The van der Waals surface area contributed by atoms with Gasteiger partial charge in [0, 0.05) is 17.5 Å². The number of rotatable bonds is 4. The second kappa shape index (κ2) is 6.08. The van der Waals surface area contributed by atoms with Gasteiger partial charge in [-0.25, -0.2) is 4.68 Å². The maximum Gasteiger partial charge on any atom is 0.310 e. The first kappa shape index (κ1) is 15.0. The normalized spacial score (nSPS) is 10.9. The smallest absolute Gasteiger partial charge is 0.302 e. The highest BCUT2D eigenvalue weighted by Gasteiger charge is 2.13.